The number of carbonyl (C=O) groups excluding carboxylic acids is 1. The van der Waals surface area contributed by atoms with Crippen molar-refractivity contribution in [3.05, 3.63) is 24.3 Å². The molecule has 2 aliphatic rings. The van der Waals surface area contributed by atoms with Gasteiger partial charge in [-0.15, -0.1) is 0 Å². The molecule has 1 aliphatic carbocycles. The van der Waals surface area contributed by atoms with E-state index in [9.17, 15) is 14.7 Å². The molecular formula is C15H17NO5. The molecule has 2 N–H and O–H groups in total. The number of nitrogens with one attached hydrogen (secondary N) is 1. The van der Waals surface area contributed by atoms with E-state index < -0.39 is 23.5 Å². The lowest BCUT2D eigenvalue weighted by molar-refractivity contribution is -0.149. The number of carboxylic acids is 1. The molecule has 1 amide bonds. The van der Waals surface area contributed by atoms with Crippen molar-refractivity contribution in [2.75, 3.05) is 6.61 Å². The van der Waals surface area contributed by atoms with Gasteiger partial charge in [-0.3, -0.25) is 4.79 Å². The molecule has 1 heterocycles. The summed E-state index contributed by atoms with van der Waals surface area (Å²) in [6.07, 6.45) is 0.791. The van der Waals surface area contributed by atoms with Gasteiger partial charge in [0.25, 0.3) is 5.91 Å². The Morgan fingerprint density at radius 2 is 1.95 bits per heavy atom. The van der Waals surface area contributed by atoms with E-state index in [1.165, 1.54) is 0 Å². The van der Waals surface area contributed by atoms with Crippen LogP contribution in [0.3, 0.4) is 0 Å². The maximum absolute atomic E-state index is 12.3. The second kappa shape index (κ2) is 4.95. The fraction of sp³-hybridized carbons (Fsp3) is 0.467. The van der Waals surface area contributed by atoms with Crippen LogP contribution in [0.5, 0.6) is 11.5 Å². The molecule has 0 unspecified atom stereocenters. The summed E-state index contributed by atoms with van der Waals surface area (Å²) in [5, 5.41) is 12.0. The Kier molecular flexibility index (Phi) is 3.23. The number of rotatable bonds is 4. The van der Waals surface area contributed by atoms with Gasteiger partial charge in [0.2, 0.25) is 6.10 Å². The van der Waals surface area contributed by atoms with Crippen LogP contribution in [0.4, 0.5) is 0 Å². The molecule has 2 atom stereocenters. The normalized spacial score (nSPS) is 23.0. The average Bonchev–Trinajstić information content (AvgIpc) is 3.31. The van der Waals surface area contributed by atoms with Gasteiger partial charge in [0.15, 0.2) is 11.5 Å². The summed E-state index contributed by atoms with van der Waals surface area (Å²) in [4.78, 5) is 23.7. The van der Waals surface area contributed by atoms with Crippen molar-refractivity contribution in [2.45, 2.75) is 31.4 Å². The molecule has 0 spiro atoms. The maximum atomic E-state index is 12.3. The minimum Gasteiger partial charge on any atom is -0.485 e. The molecular weight excluding hydrogens is 274 g/mol. The topological polar surface area (TPSA) is 84.9 Å². The number of aliphatic carboxylic acids is 1. The van der Waals surface area contributed by atoms with Crippen molar-refractivity contribution in [3.63, 3.8) is 0 Å². The van der Waals surface area contributed by atoms with Gasteiger partial charge in [0.1, 0.15) is 12.1 Å². The number of carbonyl (C=O) groups is 2. The number of hydrogen-bond donors (Lipinski definition) is 2. The number of benzene rings is 1. The number of fused-ring (bicyclic) bond motifs is 1. The van der Waals surface area contributed by atoms with E-state index in [1.807, 2.05) is 6.07 Å². The van der Waals surface area contributed by atoms with Gasteiger partial charge < -0.3 is 19.9 Å². The van der Waals surface area contributed by atoms with Crippen molar-refractivity contribution in [1.29, 1.82) is 0 Å². The summed E-state index contributed by atoms with van der Waals surface area (Å²) in [6.45, 7) is 1.62. The smallest absolute Gasteiger partial charge is 0.329 e. The highest BCUT2D eigenvalue weighted by atomic mass is 16.6. The van der Waals surface area contributed by atoms with Gasteiger partial charge in [0, 0.05) is 0 Å². The van der Waals surface area contributed by atoms with Crippen LogP contribution in [-0.4, -0.2) is 35.2 Å². The zero-order chi connectivity index (χ0) is 15.0. The van der Waals surface area contributed by atoms with E-state index in [4.69, 9.17) is 9.47 Å². The first-order valence-corrected chi connectivity index (χ1v) is 6.94. The van der Waals surface area contributed by atoms with Crippen LogP contribution < -0.4 is 14.8 Å². The Hall–Kier alpha value is -2.24. The van der Waals surface area contributed by atoms with E-state index in [0.29, 0.717) is 11.5 Å². The van der Waals surface area contributed by atoms with E-state index in [-0.39, 0.29) is 12.5 Å². The third-order valence-corrected chi connectivity index (χ3v) is 4.02. The summed E-state index contributed by atoms with van der Waals surface area (Å²) in [7, 11) is 0. The standard InChI is InChI=1S/C15H17NO5/c1-15(14(18)19,9-6-7-9)16-13(17)12-8-20-10-4-2-3-5-11(10)21-12/h2-5,9,12H,6-8H2,1H3,(H,16,17)(H,18,19)/t12-,15-/m1/s1. The minimum atomic E-state index is -1.24. The largest absolute Gasteiger partial charge is 0.485 e. The van der Waals surface area contributed by atoms with Gasteiger partial charge in [-0.1, -0.05) is 12.1 Å². The molecule has 1 fully saturated rings. The van der Waals surface area contributed by atoms with Crippen LogP contribution in [0.2, 0.25) is 0 Å². The van der Waals surface area contributed by atoms with Crippen molar-refractivity contribution >= 4 is 11.9 Å². The van der Waals surface area contributed by atoms with Crippen LogP contribution >= 0.6 is 0 Å². The molecule has 6 heteroatoms. The molecule has 0 saturated heterocycles. The second-order valence-corrected chi connectivity index (χ2v) is 5.64. The minimum absolute atomic E-state index is 0.0178. The van der Waals surface area contributed by atoms with Crippen molar-refractivity contribution in [1.82, 2.24) is 5.32 Å². The average molecular weight is 291 g/mol. The highest BCUT2D eigenvalue weighted by Crippen LogP contribution is 2.40. The number of hydrogen-bond acceptors (Lipinski definition) is 4. The first-order chi connectivity index (χ1) is 10.0. The lowest BCUT2D eigenvalue weighted by Crippen LogP contribution is -2.58. The van der Waals surface area contributed by atoms with E-state index >= 15 is 0 Å². The van der Waals surface area contributed by atoms with Gasteiger partial charge >= 0.3 is 5.97 Å². The molecule has 1 aromatic rings. The summed E-state index contributed by atoms with van der Waals surface area (Å²) in [6, 6.07) is 7.08. The zero-order valence-corrected chi connectivity index (χ0v) is 11.7. The molecule has 112 valence electrons. The third kappa shape index (κ3) is 2.53. The number of para-hydroxylation sites is 2. The molecule has 1 aromatic carbocycles. The van der Waals surface area contributed by atoms with Crippen LogP contribution in [-0.2, 0) is 9.59 Å². The van der Waals surface area contributed by atoms with E-state index in [2.05, 4.69) is 5.32 Å². The molecule has 6 nitrogen and oxygen atoms in total. The third-order valence-electron chi connectivity index (χ3n) is 4.02. The summed E-state index contributed by atoms with van der Waals surface area (Å²) in [5.74, 6) is -0.412. The van der Waals surface area contributed by atoms with Crippen molar-refractivity contribution < 1.29 is 24.2 Å². The summed E-state index contributed by atoms with van der Waals surface area (Å²) < 4.78 is 11.1. The van der Waals surface area contributed by atoms with Gasteiger partial charge in [0.05, 0.1) is 0 Å². The first-order valence-electron chi connectivity index (χ1n) is 6.94. The highest BCUT2D eigenvalue weighted by molar-refractivity contribution is 5.89. The maximum Gasteiger partial charge on any atom is 0.329 e. The van der Waals surface area contributed by atoms with Crippen LogP contribution in [0.25, 0.3) is 0 Å². The Morgan fingerprint density at radius 3 is 2.57 bits per heavy atom. The first kappa shape index (κ1) is 13.7. The summed E-state index contributed by atoms with van der Waals surface area (Å²) in [5.41, 5.74) is -1.24. The number of carboxylic acid groups (broad SMARTS) is 1. The van der Waals surface area contributed by atoms with E-state index in [1.54, 1.807) is 25.1 Å². The summed E-state index contributed by atoms with van der Waals surface area (Å²) >= 11 is 0. The van der Waals surface area contributed by atoms with Gasteiger partial charge in [-0.25, -0.2) is 4.79 Å². The van der Waals surface area contributed by atoms with Crippen molar-refractivity contribution in [3.8, 4) is 11.5 Å². The zero-order valence-electron chi connectivity index (χ0n) is 11.7. The quantitative estimate of drug-likeness (QED) is 0.870. The predicted molar refractivity (Wildman–Crippen MR) is 73.3 cm³/mol. The Morgan fingerprint density at radius 1 is 1.29 bits per heavy atom. The van der Waals surface area contributed by atoms with Crippen LogP contribution in [0.15, 0.2) is 24.3 Å². The molecule has 1 saturated carbocycles. The lowest BCUT2D eigenvalue weighted by Gasteiger charge is -2.30. The highest BCUT2D eigenvalue weighted by Gasteiger charge is 2.49. The molecule has 0 aromatic heterocycles. The second-order valence-electron chi connectivity index (χ2n) is 5.64. The molecule has 1 aliphatic heterocycles. The number of amides is 1. The Bertz CT molecular complexity index is 583. The van der Waals surface area contributed by atoms with E-state index in [0.717, 1.165) is 12.8 Å². The number of ether oxygens (including phenoxy) is 2. The van der Waals surface area contributed by atoms with Gasteiger partial charge in [-0.05, 0) is 37.8 Å². The fourth-order valence-electron chi connectivity index (χ4n) is 2.48. The Balaban J connectivity index is 1.71. The van der Waals surface area contributed by atoms with Crippen LogP contribution in [0, 0.1) is 5.92 Å². The fourth-order valence-corrected chi connectivity index (χ4v) is 2.48. The monoisotopic (exact) mass is 291 g/mol. The van der Waals surface area contributed by atoms with Crippen molar-refractivity contribution in [2.24, 2.45) is 5.92 Å². The molecule has 21 heavy (non-hydrogen) atoms. The predicted octanol–water partition coefficient (Wildman–Crippen LogP) is 1.20. The Labute approximate surface area is 122 Å². The SMILES string of the molecule is C[C@](NC(=O)[C@H]1COc2ccccc2O1)(C(=O)O)C1CC1. The molecule has 0 radical (unpaired) electrons. The van der Waals surface area contributed by atoms with Crippen LogP contribution in [0.1, 0.15) is 19.8 Å². The van der Waals surface area contributed by atoms with Gasteiger partial charge in [-0.2, -0.15) is 0 Å². The molecule has 0 bridgehead atoms. The molecule has 3 rings (SSSR count). The lowest BCUT2D eigenvalue weighted by atomic mass is 9.95.